The monoisotopic (exact) mass is 311 g/mol. The Balaban J connectivity index is 2.52. The van der Waals surface area contributed by atoms with Gasteiger partial charge in [-0.1, -0.05) is 23.7 Å². The second-order valence-corrected chi connectivity index (χ2v) is 5.47. The molecule has 1 fully saturated rings. The maximum absolute atomic E-state index is 12.1. The Morgan fingerprint density at radius 1 is 1.48 bits per heavy atom. The van der Waals surface area contributed by atoms with Gasteiger partial charge in [-0.15, -0.1) is 0 Å². The maximum atomic E-state index is 12.1. The van der Waals surface area contributed by atoms with Gasteiger partial charge in [0.15, 0.2) is 0 Å². The number of benzene rings is 1. The lowest BCUT2D eigenvalue weighted by molar-refractivity contribution is -0.485. The minimum absolute atomic E-state index is 0.0974. The van der Waals surface area contributed by atoms with E-state index >= 15 is 0 Å². The molecule has 0 bridgehead atoms. The van der Waals surface area contributed by atoms with E-state index in [1.807, 2.05) is 0 Å². The average Bonchev–Trinajstić information content (AvgIpc) is 2.80. The van der Waals surface area contributed by atoms with E-state index < -0.39 is 34.6 Å². The van der Waals surface area contributed by atoms with Gasteiger partial charge in [0.1, 0.15) is 11.2 Å². The van der Waals surface area contributed by atoms with Crippen LogP contribution in [0.25, 0.3) is 0 Å². The number of nitrogens with zero attached hydrogens (tertiary/aromatic N) is 1. The summed E-state index contributed by atoms with van der Waals surface area (Å²) in [6.45, 7) is 0.853. The molecule has 7 heteroatoms. The second-order valence-electron chi connectivity index (χ2n) is 5.03. The van der Waals surface area contributed by atoms with E-state index in [4.69, 9.17) is 16.3 Å². The van der Waals surface area contributed by atoms with Crippen LogP contribution in [-0.4, -0.2) is 29.8 Å². The Kier molecular flexibility index (Phi) is 4.27. The van der Waals surface area contributed by atoms with Gasteiger partial charge >= 0.3 is 5.97 Å². The minimum Gasteiger partial charge on any atom is -0.465 e. The van der Waals surface area contributed by atoms with Gasteiger partial charge in [-0.2, -0.15) is 0 Å². The third-order valence-corrected chi connectivity index (χ3v) is 4.17. The van der Waals surface area contributed by atoms with Gasteiger partial charge in [0.25, 0.3) is 0 Å². The van der Waals surface area contributed by atoms with Crippen molar-refractivity contribution in [1.29, 1.82) is 0 Å². The van der Waals surface area contributed by atoms with Crippen molar-refractivity contribution in [2.45, 2.75) is 19.3 Å². The summed E-state index contributed by atoms with van der Waals surface area (Å²) in [6.07, 6.45) is 0.155. The molecule has 0 N–H and O–H groups in total. The zero-order valence-corrected chi connectivity index (χ0v) is 12.1. The van der Waals surface area contributed by atoms with Gasteiger partial charge < -0.3 is 4.74 Å². The fourth-order valence-corrected chi connectivity index (χ4v) is 2.93. The fraction of sp³-hybridized carbons (Fsp3) is 0.429. The third-order valence-electron chi connectivity index (χ3n) is 3.92. The van der Waals surface area contributed by atoms with E-state index in [1.54, 1.807) is 24.3 Å². The fourth-order valence-electron chi connectivity index (χ4n) is 2.81. The Labute approximate surface area is 126 Å². The summed E-state index contributed by atoms with van der Waals surface area (Å²) in [4.78, 5) is 34.7. The number of nitro groups is 1. The summed E-state index contributed by atoms with van der Waals surface area (Å²) in [7, 11) is 0. The van der Waals surface area contributed by atoms with Gasteiger partial charge in [0.05, 0.1) is 12.5 Å². The van der Waals surface area contributed by atoms with Crippen LogP contribution in [0, 0.1) is 15.5 Å². The molecule has 0 amide bonds. The standard InChI is InChI=1S/C14H14ClNO5/c1-9(17)14(6-7-21-13(14)18)12(8-16(19)20)10-2-4-11(15)5-3-10/h2-5,12H,6-8H2,1H3/t12-,14-/m1/s1. The molecule has 0 aromatic heterocycles. The molecule has 1 heterocycles. The number of hydrogen-bond acceptors (Lipinski definition) is 5. The quantitative estimate of drug-likeness (QED) is 0.360. The number of hydrogen-bond donors (Lipinski definition) is 0. The van der Waals surface area contributed by atoms with Crippen molar-refractivity contribution in [2.75, 3.05) is 13.2 Å². The van der Waals surface area contributed by atoms with Crippen molar-refractivity contribution >= 4 is 23.4 Å². The number of ketones is 1. The first-order valence-electron chi connectivity index (χ1n) is 6.43. The molecule has 112 valence electrons. The average molecular weight is 312 g/mol. The molecule has 0 radical (unpaired) electrons. The summed E-state index contributed by atoms with van der Waals surface area (Å²) < 4.78 is 4.93. The van der Waals surface area contributed by atoms with E-state index in [1.165, 1.54) is 6.92 Å². The van der Waals surface area contributed by atoms with Crippen molar-refractivity contribution in [3.8, 4) is 0 Å². The van der Waals surface area contributed by atoms with E-state index in [0.717, 1.165) is 0 Å². The van der Waals surface area contributed by atoms with E-state index in [2.05, 4.69) is 0 Å². The van der Waals surface area contributed by atoms with E-state index in [9.17, 15) is 19.7 Å². The number of carbonyl (C=O) groups excluding carboxylic acids is 2. The minimum atomic E-state index is -1.49. The Bertz CT molecular complexity index is 586. The first-order valence-corrected chi connectivity index (χ1v) is 6.81. The van der Waals surface area contributed by atoms with Crippen molar-refractivity contribution in [3.05, 3.63) is 45.0 Å². The number of ether oxygens (including phenoxy) is 1. The molecule has 0 spiro atoms. The largest absolute Gasteiger partial charge is 0.465 e. The number of halogens is 1. The highest BCUT2D eigenvalue weighted by atomic mass is 35.5. The smallest absolute Gasteiger partial charge is 0.320 e. The molecular formula is C14H14ClNO5. The van der Waals surface area contributed by atoms with Gasteiger partial charge in [0, 0.05) is 16.4 Å². The summed E-state index contributed by atoms with van der Waals surface area (Å²) in [6, 6.07) is 6.37. The molecule has 2 rings (SSSR count). The van der Waals surface area contributed by atoms with Crippen LogP contribution in [0.15, 0.2) is 24.3 Å². The summed E-state index contributed by atoms with van der Waals surface area (Å²) in [5.74, 6) is -1.96. The first-order chi connectivity index (χ1) is 9.87. The molecule has 0 aliphatic carbocycles. The zero-order chi connectivity index (χ0) is 15.6. The van der Waals surface area contributed by atoms with Crippen molar-refractivity contribution < 1.29 is 19.2 Å². The third kappa shape index (κ3) is 2.76. The number of esters is 1. The lowest BCUT2D eigenvalue weighted by Gasteiger charge is -2.29. The maximum Gasteiger partial charge on any atom is 0.320 e. The van der Waals surface area contributed by atoms with Crippen LogP contribution < -0.4 is 0 Å². The summed E-state index contributed by atoms with van der Waals surface area (Å²) in [5.41, 5.74) is -0.953. The molecule has 2 atom stereocenters. The SMILES string of the molecule is CC(=O)[C@@]1([C@H](C[N+](=O)[O-])c2ccc(Cl)cc2)CCOC1=O. The molecule has 1 aliphatic rings. The molecule has 0 saturated carbocycles. The number of Topliss-reactive ketones (excluding diaryl/α,β-unsaturated/α-hetero) is 1. The lowest BCUT2D eigenvalue weighted by atomic mass is 9.68. The van der Waals surface area contributed by atoms with Gasteiger partial charge in [-0.3, -0.25) is 19.7 Å². The van der Waals surface area contributed by atoms with Crippen molar-refractivity contribution in [3.63, 3.8) is 0 Å². The number of rotatable bonds is 5. The summed E-state index contributed by atoms with van der Waals surface area (Å²) >= 11 is 5.82. The van der Waals surface area contributed by atoms with Crippen LogP contribution in [0.4, 0.5) is 0 Å². The van der Waals surface area contributed by atoms with Gasteiger partial charge in [0.2, 0.25) is 6.54 Å². The number of cyclic esters (lactones) is 1. The van der Waals surface area contributed by atoms with Crippen molar-refractivity contribution in [1.82, 2.24) is 0 Å². The van der Waals surface area contributed by atoms with Crippen LogP contribution in [0.5, 0.6) is 0 Å². The molecule has 1 aromatic carbocycles. The molecule has 21 heavy (non-hydrogen) atoms. The van der Waals surface area contributed by atoms with Gasteiger partial charge in [-0.05, 0) is 24.6 Å². The molecular weight excluding hydrogens is 298 g/mol. The first kappa shape index (κ1) is 15.4. The van der Waals surface area contributed by atoms with Crippen LogP contribution in [0.1, 0.15) is 24.8 Å². The Morgan fingerprint density at radius 2 is 2.10 bits per heavy atom. The molecule has 1 aromatic rings. The highest BCUT2D eigenvalue weighted by molar-refractivity contribution is 6.30. The van der Waals surface area contributed by atoms with Crippen molar-refractivity contribution in [2.24, 2.45) is 5.41 Å². The Morgan fingerprint density at radius 3 is 2.52 bits per heavy atom. The second kappa shape index (κ2) is 5.81. The number of carbonyl (C=O) groups is 2. The van der Waals surface area contributed by atoms with Crippen LogP contribution in [0.3, 0.4) is 0 Å². The van der Waals surface area contributed by atoms with Crippen LogP contribution >= 0.6 is 11.6 Å². The highest BCUT2D eigenvalue weighted by Crippen LogP contribution is 2.44. The predicted molar refractivity (Wildman–Crippen MR) is 74.7 cm³/mol. The van der Waals surface area contributed by atoms with E-state index in [0.29, 0.717) is 10.6 Å². The molecule has 1 saturated heterocycles. The zero-order valence-electron chi connectivity index (χ0n) is 11.4. The molecule has 6 nitrogen and oxygen atoms in total. The Hall–Kier alpha value is -1.95. The lowest BCUT2D eigenvalue weighted by Crippen LogP contribution is -2.43. The van der Waals surface area contributed by atoms with E-state index in [-0.39, 0.29) is 13.0 Å². The normalized spacial score (nSPS) is 22.7. The predicted octanol–water partition coefficient (Wildman–Crippen LogP) is 2.22. The van der Waals surface area contributed by atoms with Crippen LogP contribution in [-0.2, 0) is 14.3 Å². The van der Waals surface area contributed by atoms with Crippen LogP contribution in [0.2, 0.25) is 5.02 Å². The molecule has 0 unspecified atom stereocenters. The molecule has 1 aliphatic heterocycles. The summed E-state index contributed by atoms with van der Waals surface area (Å²) in [5, 5.41) is 11.5. The highest BCUT2D eigenvalue weighted by Gasteiger charge is 2.56. The topological polar surface area (TPSA) is 86.5 Å². The van der Waals surface area contributed by atoms with Gasteiger partial charge in [-0.25, -0.2) is 0 Å².